The lowest BCUT2D eigenvalue weighted by molar-refractivity contribution is 0.0507. The van der Waals surface area contributed by atoms with Gasteiger partial charge in [-0.15, -0.1) is 24.0 Å². The minimum Gasteiger partial charge on any atom is -0.497 e. The molecule has 1 aromatic carbocycles. The normalized spacial score (nSPS) is 16.5. The van der Waals surface area contributed by atoms with Crippen LogP contribution in [0.25, 0.3) is 0 Å². The number of ether oxygens (including phenoxy) is 3. The number of nitrogens with one attached hydrogen (secondary N) is 2. The van der Waals surface area contributed by atoms with Crippen LogP contribution in [0.3, 0.4) is 0 Å². The van der Waals surface area contributed by atoms with Crippen molar-refractivity contribution >= 4 is 36.0 Å². The Morgan fingerprint density at radius 1 is 1.27 bits per heavy atom. The highest BCUT2D eigenvalue weighted by atomic mass is 127. The molecule has 1 aliphatic heterocycles. The van der Waals surface area contributed by atoms with E-state index in [1.54, 1.807) is 14.2 Å². The molecule has 1 aromatic rings. The summed E-state index contributed by atoms with van der Waals surface area (Å²) in [6.45, 7) is 10.4. The second-order valence-corrected chi connectivity index (χ2v) is 7.93. The molecule has 30 heavy (non-hydrogen) atoms. The molecule has 170 valence electrons. The fourth-order valence-electron chi connectivity index (χ4n) is 3.11. The van der Waals surface area contributed by atoms with E-state index in [4.69, 9.17) is 19.2 Å². The van der Waals surface area contributed by atoms with Crippen LogP contribution in [0, 0.1) is 0 Å². The Bertz CT molecular complexity index is 721. The number of nitrogens with zero attached hydrogens (tertiary/aromatic N) is 2. The minimum atomic E-state index is -0.504. The lowest BCUT2D eigenvalue weighted by atomic mass is 10.2. The van der Waals surface area contributed by atoms with Gasteiger partial charge in [-0.1, -0.05) is 0 Å². The first-order valence-electron chi connectivity index (χ1n) is 9.99. The molecule has 0 aromatic heterocycles. The number of carbonyl (C=O) groups is 1. The number of hydrogen-bond donors (Lipinski definition) is 2. The number of guanidine groups is 1. The number of carbonyl (C=O) groups excluding carboxylic acids is 1. The van der Waals surface area contributed by atoms with Gasteiger partial charge in [-0.25, -0.2) is 9.79 Å². The number of aliphatic imine (C=N–C) groups is 1. The summed E-state index contributed by atoms with van der Waals surface area (Å²) in [6, 6.07) is 5.75. The third-order valence-corrected chi connectivity index (χ3v) is 4.44. The number of alkyl carbamates (subject to hydrolysis) is 1. The molecule has 2 rings (SSSR count). The fourth-order valence-corrected chi connectivity index (χ4v) is 3.11. The monoisotopic (exact) mass is 534 g/mol. The molecule has 1 saturated heterocycles. The summed E-state index contributed by atoms with van der Waals surface area (Å²) in [5, 5.41) is 6.28. The lowest BCUT2D eigenvalue weighted by Gasteiger charge is -2.23. The van der Waals surface area contributed by atoms with E-state index in [0.29, 0.717) is 13.1 Å². The standard InChI is InChI=1S/C21H34N4O4.HI/c1-7-22-19(23-13-15-8-9-17(27-5)12-18(15)28-6)25-11-10-16(14-25)24-20(26)29-21(2,3)4;/h8-9,12,16H,7,10-11,13-14H2,1-6H3,(H,22,23)(H,24,26);1H. The maximum absolute atomic E-state index is 12.0. The van der Waals surface area contributed by atoms with Gasteiger partial charge in [0, 0.05) is 31.3 Å². The van der Waals surface area contributed by atoms with Crippen molar-refractivity contribution in [2.75, 3.05) is 33.9 Å². The summed E-state index contributed by atoms with van der Waals surface area (Å²) in [7, 11) is 3.27. The molecule has 0 bridgehead atoms. The largest absolute Gasteiger partial charge is 0.497 e. The van der Waals surface area contributed by atoms with Gasteiger partial charge in [0.15, 0.2) is 5.96 Å². The summed E-state index contributed by atoms with van der Waals surface area (Å²) in [6.07, 6.45) is 0.462. The van der Waals surface area contributed by atoms with Crippen molar-refractivity contribution in [2.24, 2.45) is 4.99 Å². The molecule has 1 heterocycles. The van der Waals surface area contributed by atoms with Crippen LogP contribution < -0.4 is 20.1 Å². The third-order valence-electron chi connectivity index (χ3n) is 4.44. The molecule has 1 fully saturated rings. The van der Waals surface area contributed by atoms with Crippen LogP contribution in [-0.4, -0.2) is 62.4 Å². The van der Waals surface area contributed by atoms with Crippen LogP contribution in [-0.2, 0) is 11.3 Å². The van der Waals surface area contributed by atoms with Gasteiger partial charge in [-0.05, 0) is 46.2 Å². The highest BCUT2D eigenvalue weighted by molar-refractivity contribution is 14.0. The Hall–Kier alpha value is -1.91. The zero-order chi connectivity index (χ0) is 21.4. The van der Waals surface area contributed by atoms with Crippen molar-refractivity contribution in [3.63, 3.8) is 0 Å². The minimum absolute atomic E-state index is 0. The number of rotatable bonds is 6. The number of hydrogen-bond acceptors (Lipinski definition) is 5. The smallest absolute Gasteiger partial charge is 0.407 e. The maximum atomic E-state index is 12.0. The molecule has 1 unspecified atom stereocenters. The summed E-state index contributed by atoms with van der Waals surface area (Å²) in [5.41, 5.74) is 0.474. The van der Waals surface area contributed by atoms with E-state index in [1.165, 1.54) is 0 Å². The maximum Gasteiger partial charge on any atom is 0.407 e. The lowest BCUT2D eigenvalue weighted by Crippen LogP contribution is -2.44. The predicted molar refractivity (Wildman–Crippen MR) is 129 cm³/mol. The van der Waals surface area contributed by atoms with E-state index in [0.717, 1.165) is 42.5 Å². The van der Waals surface area contributed by atoms with E-state index in [2.05, 4.69) is 15.5 Å². The van der Waals surface area contributed by atoms with Crippen LogP contribution in [0.1, 0.15) is 39.7 Å². The molecule has 0 spiro atoms. The molecular weight excluding hydrogens is 499 g/mol. The SMILES string of the molecule is CCNC(=NCc1ccc(OC)cc1OC)N1CCC(NC(=O)OC(C)(C)C)C1.I. The van der Waals surface area contributed by atoms with Crippen molar-refractivity contribution in [1.29, 1.82) is 0 Å². The number of benzene rings is 1. The Labute approximate surface area is 196 Å². The summed E-state index contributed by atoms with van der Waals surface area (Å²) in [5.74, 6) is 2.31. The number of amides is 1. The van der Waals surface area contributed by atoms with Gasteiger partial charge >= 0.3 is 6.09 Å². The van der Waals surface area contributed by atoms with E-state index in [1.807, 2.05) is 45.9 Å². The van der Waals surface area contributed by atoms with Crippen LogP contribution in [0.5, 0.6) is 11.5 Å². The van der Waals surface area contributed by atoms with Gasteiger partial charge in [0.1, 0.15) is 17.1 Å². The molecule has 0 saturated carbocycles. The Morgan fingerprint density at radius 3 is 2.60 bits per heavy atom. The molecule has 2 N–H and O–H groups in total. The van der Waals surface area contributed by atoms with E-state index in [-0.39, 0.29) is 36.1 Å². The first-order valence-corrected chi connectivity index (χ1v) is 9.99. The van der Waals surface area contributed by atoms with Crippen molar-refractivity contribution in [2.45, 2.75) is 52.3 Å². The van der Waals surface area contributed by atoms with Gasteiger partial charge in [-0.3, -0.25) is 0 Å². The Morgan fingerprint density at radius 2 is 2.00 bits per heavy atom. The van der Waals surface area contributed by atoms with Crippen molar-refractivity contribution < 1.29 is 19.0 Å². The molecule has 9 heteroatoms. The van der Waals surface area contributed by atoms with Gasteiger partial charge in [-0.2, -0.15) is 0 Å². The van der Waals surface area contributed by atoms with Crippen molar-refractivity contribution in [3.8, 4) is 11.5 Å². The van der Waals surface area contributed by atoms with E-state index in [9.17, 15) is 4.79 Å². The number of likely N-dealkylation sites (tertiary alicyclic amines) is 1. The molecule has 1 aliphatic rings. The predicted octanol–water partition coefficient (Wildman–Crippen LogP) is 3.39. The van der Waals surface area contributed by atoms with Gasteiger partial charge in [0.25, 0.3) is 0 Å². The van der Waals surface area contributed by atoms with Crippen LogP contribution in [0.15, 0.2) is 23.2 Å². The van der Waals surface area contributed by atoms with Gasteiger partial charge in [0.05, 0.1) is 26.8 Å². The molecule has 1 amide bonds. The highest BCUT2D eigenvalue weighted by Gasteiger charge is 2.27. The summed E-state index contributed by atoms with van der Waals surface area (Å²) < 4.78 is 16.1. The molecule has 1 atom stereocenters. The van der Waals surface area contributed by atoms with Gasteiger partial charge < -0.3 is 29.7 Å². The second-order valence-electron chi connectivity index (χ2n) is 7.93. The second kappa shape index (κ2) is 12.1. The first-order chi connectivity index (χ1) is 13.8. The number of halogens is 1. The Balaban J connectivity index is 0.00000450. The van der Waals surface area contributed by atoms with Gasteiger partial charge in [0.2, 0.25) is 0 Å². The third kappa shape index (κ3) is 8.08. The highest BCUT2D eigenvalue weighted by Crippen LogP contribution is 2.25. The van der Waals surface area contributed by atoms with E-state index >= 15 is 0 Å². The van der Waals surface area contributed by atoms with Crippen LogP contribution in [0.2, 0.25) is 0 Å². The van der Waals surface area contributed by atoms with Crippen LogP contribution >= 0.6 is 24.0 Å². The van der Waals surface area contributed by atoms with Crippen molar-refractivity contribution in [3.05, 3.63) is 23.8 Å². The zero-order valence-corrected chi connectivity index (χ0v) is 21.1. The molecular formula is C21H35IN4O4. The quantitative estimate of drug-likeness (QED) is 0.331. The average molecular weight is 534 g/mol. The topological polar surface area (TPSA) is 84.4 Å². The first kappa shape index (κ1) is 26.1. The summed E-state index contributed by atoms with van der Waals surface area (Å²) in [4.78, 5) is 19.0. The Kier molecular flexibility index (Phi) is 10.5. The van der Waals surface area contributed by atoms with Crippen molar-refractivity contribution in [1.82, 2.24) is 15.5 Å². The molecule has 0 aliphatic carbocycles. The fraction of sp³-hybridized carbons (Fsp3) is 0.619. The zero-order valence-electron chi connectivity index (χ0n) is 18.8. The average Bonchev–Trinajstić information content (AvgIpc) is 3.11. The number of methoxy groups -OCH3 is 2. The summed E-state index contributed by atoms with van der Waals surface area (Å²) >= 11 is 0. The molecule has 0 radical (unpaired) electrons. The van der Waals surface area contributed by atoms with Crippen LogP contribution in [0.4, 0.5) is 4.79 Å². The molecule has 8 nitrogen and oxygen atoms in total. The van der Waals surface area contributed by atoms with E-state index < -0.39 is 5.60 Å².